The van der Waals surface area contributed by atoms with Gasteiger partial charge in [0.05, 0.1) is 24.6 Å². The summed E-state index contributed by atoms with van der Waals surface area (Å²) < 4.78 is 30.5. The predicted molar refractivity (Wildman–Crippen MR) is 119 cm³/mol. The molecule has 2 aromatic rings. The third-order valence-electron chi connectivity index (χ3n) is 4.94. The molecule has 0 atom stereocenters. The number of carbonyl (C=O) groups excluding carboxylic acids is 2. The number of benzene rings is 1. The Morgan fingerprint density at radius 1 is 1.27 bits per heavy atom. The summed E-state index contributed by atoms with van der Waals surface area (Å²) in [7, 11) is -2.44. The number of methoxy groups -OCH3 is 1. The van der Waals surface area contributed by atoms with Crippen molar-refractivity contribution in [2.24, 2.45) is 0 Å². The highest BCUT2D eigenvalue weighted by Crippen LogP contribution is 2.38. The lowest BCUT2D eigenvalue weighted by atomic mass is 9.95. The Bertz CT molecular complexity index is 1090. The predicted octanol–water partition coefficient (Wildman–Crippen LogP) is 3.78. The third kappa shape index (κ3) is 4.79. The molecule has 0 radical (unpaired) electrons. The van der Waals surface area contributed by atoms with Gasteiger partial charge in [-0.25, -0.2) is 13.2 Å². The lowest BCUT2D eigenvalue weighted by Crippen LogP contribution is -2.37. The van der Waals surface area contributed by atoms with E-state index in [4.69, 9.17) is 16.3 Å². The summed E-state index contributed by atoms with van der Waals surface area (Å²) in [5.74, 6) is -1.06. The zero-order valence-corrected chi connectivity index (χ0v) is 19.3. The monoisotopic (exact) mass is 470 g/mol. The van der Waals surface area contributed by atoms with Crippen LogP contribution in [0.5, 0.6) is 0 Å². The van der Waals surface area contributed by atoms with Crippen molar-refractivity contribution in [3.63, 3.8) is 0 Å². The van der Waals surface area contributed by atoms with Gasteiger partial charge in [0.15, 0.2) is 0 Å². The van der Waals surface area contributed by atoms with Crippen molar-refractivity contribution in [1.29, 1.82) is 0 Å². The van der Waals surface area contributed by atoms with Crippen LogP contribution < -0.4 is 9.62 Å². The Kier molecular flexibility index (Phi) is 6.74. The first-order valence-corrected chi connectivity index (χ1v) is 12.4. The smallest absolute Gasteiger partial charge is 0.341 e. The fraction of sp³-hybridized carbons (Fsp3) is 0.400. The van der Waals surface area contributed by atoms with E-state index >= 15 is 0 Å². The summed E-state index contributed by atoms with van der Waals surface area (Å²) in [5, 5.41) is 3.52. The quantitative estimate of drug-likeness (QED) is 0.648. The maximum absolute atomic E-state index is 12.8. The van der Waals surface area contributed by atoms with Crippen LogP contribution in [0.2, 0.25) is 5.02 Å². The molecule has 3 rings (SSSR count). The molecule has 0 saturated heterocycles. The molecule has 1 heterocycles. The topological polar surface area (TPSA) is 92.8 Å². The number of carbonyl (C=O) groups is 2. The number of thiophene rings is 1. The highest BCUT2D eigenvalue weighted by atomic mass is 35.5. The Morgan fingerprint density at radius 3 is 2.60 bits per heavy atom. The Morgan fingerprint density at radius 2 is 1.97 bits per heavy atom. The molecular weight excluding hydrogens is 448 g/mol. The van der Waals surface area contributed by atoms with Gasteiger partial charge in [-0.2, -0.15) is 0 Å². The Hall–Kier alpha value is -2.10. The first kappa shape index (κ1) is 22.6. The summed E-state index contributed by atoms with van der Waals surface area (Å²) in [6, 6.07) is 4.80. The highest BCUT2D eigenvalue weighted by Gasteiger charge is 2.28. The number of hydrogen-bond donors (Lipinski definition) is 1. The molecule has 1 N–H and O–H groups in total. The lowest BCUT2D eigenvalue weighted by Gasteiger charge is -2.22. The van der Waals surface area contributed by atoms with Gasteiger partial charge < -0.3 is 10.1 Å². The molecule has 1 aromatic carbocycles. The molecule has 1 aliphatic rings. The third-order valence-corrected chi connectivity index (χ3v) is 7.70. The summed E-state index contributed by atoms with van der Waals surface area (Å²) in [6.45, 7) is 1.36. The van der Waals surface area contributed by atoms with Gasteiger partial charge >= 0.3 is 5.97 Å². The zero-order chi connectivity index (χ0) is 22.1. The van der Waals surface area contributed by atoms with Crippen molar-refractivity contribution in [3.05, 3.63) is 44.8 Å². The molecule has 10 heteroatoms. The fourth-order valence-electron chi connectivity index (χ4n) is 3.41. The number of halogens is 1. The number of ether oxygens (including phenoxy) is 1. The minimum Gasteiger partial charge on any atom is -0.465 e. The van der Waals surface area contributed by atoms with Crippen LogP contribution in [0.1, 0.15) is 39.2 Å². The van der Waals surface area contributed by atoms with Gasteiger partial charge in [-0.15, -0.1) is 11.3 Å². The molecule has 0 saturated carbocycles. The average Bonchev–Trinajstić information content (AvgIpc) is 3.04. The minimum atomic E-state index is -3.74. The number of aryl methyl sites for hydroxylation is 2. The number of hydrogen-bond acceptors (Lipinski definition) is 6. The lowest BCUT2D eigenvalue weighted by molar-refractivity contribution is -0.114. The number of anilines is 2. The van der Waals surface area contributed by atoms with Gasteiger partial charge in [0, 0.05) is 9.90 Å². The average molecular weight is 471 g/mol. The molecule has 1 aliphatic carbocycles. The standard InChI is InChI=1S/C20H23ClN2O5S2/c1-12-8-9-13(10-15(12)21)23(30(3,26)27)11-17(24)22-19-18(20(25)28-2)14-6-4-5-7-16(14)29-19/h8-10H,4-7,11H2,1-3H3,(H,22,24). The van der Waals surface area contributed by atoms with Crippen molar-refractivity contribution in [2.45, 2.75) is 32.6 Å². The molecule has 0 aliphatic heterocycles. The second kappa shape index (κ2) is 8.95. The van der Waals surface area contributed by atoms with Crippen LogP contribution in [0.3, 0.4) is 0 Å². The summed E-state index contributed by atoms with van der Waals surface area (Å²) in [6.07, 6.45) is 4.62. The van der Waals surface area contributed by atoms with Gasteiger partial charge in [-0.1, -0.05) is 17.7 Å². The second-order valence-electron chi connectivity index (χ2n) is 7.16. The van der Waals surface area contributed by atoms with Crippen LogP contribution in [-0.4, -0.2) is 40.2 Å². The Labute approximate surface area is 185 Å². The van der Waals surface area contributed by atoms with Crippen LogP contribution in [0.15, 0.2) is 18.2 Å². The molecule has 30 heavy (non-hydrogen) atoms. The van der Waals surface area contributed by atoms with Crippen molar-refractivity contribution < 1.29 is 22.7 Å². The van der Waals surface area contributed by atoms with E-state index in [0.29, 0.717) is 21.3 Å². The molecule has 1 amide bonds. The van der Waals surface area contributed by atoms with Gasteiger partial charge in [-0.05, 0) is 55.9 Å². The van der Waals surface area contributed by atoms with E-state index in [1.165, 1.54) is 24.5 Å². The van der Waals surface area contributed by atoms with E-state index < -0.39 is 28.4 Å². The van der Waals surface area contributed by atoms with Gasteiger partial charge in [0.1, 0.15) is 11.5 Å². The van der Waals surface area contributed by atoms with Crippen LogP contribution in [0, 0.1) is 6.92 Å². The molecule has 0 unspecified atom stereocenters. The summed E-state index contributed by atoms with van der Waals surface area (Å²) in [5.41, 5.74) is 2.38. The molecule has 0 spiro atoms. The fourth-order valence-corrected chi connectivity index (χ4v) is 5.72. The van der Waals surface area contributed by atoms with E-state index in [1.54, 1.807) is 19.1 Å². The molecular formula is C20H23ClN2O5S2. The molecule has 1 aromatic heterocycles. The highest BCUT2D eigenvalue weighted by molar-refractivity contribution is 7.92. The van der Waals surface area contributed by atoms with Gasteiger partial charge in [-0.3, -0.25) is 9.10 Å². The molecule has 7 nitrogen and oxygen atoms in total. The summed E-state index contributed by atoms with van der Waals surface area (Å²) >= 11 is 7.48. The first-order chi connectivity index (χ1) is 14.1. The van der Waals surface area contributed by atoms with Gasteiger partial charge in [0.2, 0.25) is 15.9 Å². The van der Waals surface area contributed by atoms with E-state index in [9.17, 15) is 18.0 Å². The van der Waals surface area contributed by atoms with E-state index in [0.717, 1.165) is 52.2 Å². The molecule has 0 bridgehead atoms. The number of esters is 1. The number of rotatable bonds is 6. The van der Waals surface area contributed by atoms with E-state index in [2.05, 4.69) is 5.32 Å². The van der Waals surface area contributed by atoms with E-state index in [1.807, 2.05) is 0 Å². The van der Waals surface area contributed by atoms with Crippen LogP contribution in [0.4, 0.5) is 10.7 Å². The second-order valence-corrected chi connectivity index (χ2v) is 10.6. The maximum Gasteiger partial charge on any atom is 0.341 e. The number of amides is 1. The molecule has 162 valence electrons. The van der Waals surface area contributed by atoms with Crippen molar-refractivity contribution >= 4 is 55.5 Å². The number of nitrogens with one attached hydrogen (secondary N) is 1. The van der Waals surface area contributed by atoms with E-state index in [-0.39, 0.29) is 0 Å². The number of nitrogens with zero attached hydrogens (tertiary/aromatic N) is 1. The minimum absolute atomic E-state index is 0.293. The number of sulfonamides is 1. The van der Waals surface area contributed by atoms with Gasteiger partial charge in [0.25, 0.3) is 0 Å². The normalized spacial score (nSPS) is 13.5. The van der Waals surface area contributed by atoms with Crippen LogP contribution in [0.25, 0.3) is 0 Å². The van der Waals surface area contributed by atoms with Crippen molar-refractivity contribution in [3.8, 4) is 0 Å². The van der Waals surface area contributed by atoms with Crippen molar-refractivity contribution in [1.82, 2.24) is 0 Å². The Balaban J connectivity index is 1.88. The van der Waals surface area contributed by atoms with Crippen LogP contribution >= 0.6 is 22.9 Å². The van der Waals surface area contributed by atoms with Crippen molar-refractivity contribution in [2.75, 3.05) is 29.5 Å². The zero-order valence-electron chi connectivity index (χ0n) is 17.0. The molecule has 0 fully saturated rings. The SMILES string of the molecule is COC(=O)c1c(NC(=O)CN(c2ccc(C)c(Cl)c2)S(C)(=O)=O)sc2c1CCCC2. The van der Waals surface area contributed by atoms with Crippen LogP contribution in [-0.2, 0) is 32.4 Å². The largest absolute Gasteiger partial charge is 0.465 e. The summed E-state index contributed by atoms with van der Waals surface area (Å²) in [4.78, 5) is 26.2. The maximum atomic E-state index is 12.8. The first-order valence-electron chi connectivity index (χ1n) is 9.38. The number of fused-ring (bicyclic) bond motifs is 1.